The number of fused-ring (bicyclic) bond motifs is 2. The van der Waals surface area contributed by atoms with Crippen molar-refractivity contribution in [2.75, 3.05) is 5.32 Å². The highest BCUT2D eigenvalue weighted by molar-refractivity contribution is 5.93. The van der Waals surface area contributed by atoms with Crippen LogP contribution in [-0.4, -0.2) is 16.4 Å². The van der Waals surface area contributed by atoms with Crippen molar-refractivity contribution in [2.24, 2.45) is 0 Å². The minimum Gasteiger partial charge on any atom is -0.381 e. The number of ketones is 1. The minimum absolute atomic E-state index is 0.166. The molecule has 0 unspecified atom stereocenters. The summed E-state index contributed by atoms with van der Waals surface area (Å²) in [7, 11) is 0. The van der Waals surface area contributed by atoms with Crippen LogP contribution in [0.25, 0.3) is 22.2 Å². The Morgan fingerprint density at radius 1 is 1.16 bits per heavy atom. The molecule has 0 saturated heterocycles. The van der Waals surface area contributed by atoms with Crippen molar-refractivity contribution in [3.05, 3.63) is 54.1 Å². The van der Waals surface area contributed by atoms with E-state index in [1.807, 2.05) is 0 Å². The van der Waals surface area contributed by atoms with Crippen LogP contribution in [0.15, 0.2) is 48.5 Å². The number of Topliss-reactive ketones (excluding diaryl/α,β-unsaturated/α-hetero) is 1. The Kier molecular flexibility index (Phi) is 4.08. The van der Waals surface area contributed by atoms with Crippen molar-refractivity contribution in [3.8, 4) is 11.3 Å². The van der Waals surface area contributed by atoms with E-state index in [0.717, 1.165) is 24.2 Å². The van der Waals surface area contributed by atoms with E-state index in [1.165, 1.54) is 22.2 Å². The highest BCUT2D eigenvalue weighted by atomic mass is 16.1. The van der Waals surface area contributed by atoms with E-state index in [2.05, 4.69) is 72.3 Å². The molecule has 1 atom stereocenters. The van der Waals surface area contributed by atoms with Gasteiger partial charge < -0.3 is 9.88 Å². The zero-order chi connectivity index (χ0) is 17.4. The van der Waals surface area contributed by atoms with E-state index in [1.54, 1.807) is 0 Å². The summed E-state index contributed by atoms with van der Waals surface area (Å²) in [6.07, 6.45) is 2.20. The molecule has 4 rings (SSSR count). The van der Waals surface area contributed by atoms with Crippen molar-refractivity contribution in [1.82, 2.24) is 4.57 Å². The number of nitrogens with zero attached hydrogens (tertiary/aromatic N) is 1. The van der Waals surface area contributed by atoms with Crippen LogP contribution in [-0.2, 0) is 17.8 Å². The van der Waals surface area contributed by atoms with E-state index in [0.29, 0.717) is 18.6 Å². The van der Waals surface area contributed by atoms with Gasteiger partial charge in [0.2, 0.25) is 0 Å². The van der Waals surface area contributed by atoms with Crippen molar-refractivity contribution in [2.45, 2.75) is 45.7 Å². The van der Waals surface area contributed by atoms with Gasteiger partial charge in [-0.2, -0.15) is 0 Å². The van der Waals surface area contributed by atoms with Gasteiger partial charge >= 0.3 is 0 Å². The molecule has 0 aliphatic carbocycles. The number of hydrogen-bond donors (Lipinski definition) is 1. The molecular weight excluding hydrogens is 308 g/mol. The molecule has 0 bridgehead atoms. The third kappa shape index (κ3) is 2.84. The first-order valence-corrected chi connectivity index (χ1v) is 9.16. The van der Waals surface area contributed by atoms with Gasteiger partial charge in [0, 0.05) is 47.6 Å². The second-order valence-corrected chi connectivity index (χ2v) is 7.04. The van der Waals surface area contributed by atoms with Gasteiger partial charge in [0.05, 0.1) is 5.69 Å². The Balaban J connectivity index is 1.94. The Hall–Kier alpha value is -2.55. The maximum Gasteiger partial charge on any atom is 0.139 e. The Bertz CT molecular complexity index is 938. The minimum atomic E-state index is 0.166. The van der Waals surface area contributed by atoms with E-state index in [-0.39, 0.29) is 6.04 Å². The van der Waals surface area contributed by atoms with Gasteiger partial charge in [-0.3, -0.25) is 4.79 Å². The van der Waals surface area contributed by atoms with Crippen molar-refractivity contribution >= 4 is 22.4 Å². The lowest BCUT2D eigenvalue weighted by molar-refractivity contribution is -0.118. The molecule has 0 spiro atoms. The second kappa shape index (κ2) is 6.40. The first-order chi connectivity index (χ1) is 12.2. The molecule has 0 radical (unpaired) electrons. The van der Waals surface area contributed by atoms with E-state index in [9.17, 15) is 4.79 Å². The van der Waals surface area contributed by atoms with Gasteiger partial charge in [-0.05, 0) is 31.0 Å². The molecule has 2 aromatic carbocycles. The molecule has 1 aliphatic heterocycles. The fourth-order valence-corrected chi connectivity index (χ4v) is 3.95. The monoisotopic (exact) mass is 332 g/mol. The highest BCUT2D eigenvalue weighted by Gasteiger charge is 2.22. The van der Waals surface area contributed by atoms with E-state index < -0.39 is 0 Å². The number of carbonyl (C=O) groups is 1. The fourth-order valence-electron chi connectivity index (χ4n) is 3.95. The molecular formula is C22H24N2O. The molecule has 3 nitrogen and oxygen atoms in total. The summed E-state index contributed by atoms with van der Waals surface area (Å²) in [4.78, 5) is 12.2. The summed E-state index contributed by atoms with van der Waals surface area (Å²) in [6, 6.07) is 17.3. The zero-order valence-electron chi connectivity index (χ0n) is 14.9. The molecule has 3 heteroatoms. The normalized spacial score (nSPS) is 17.2. The maximum atomic E-state index is 12.2. The zero-order valence-corrected chi connectivity index (χ0v) is 14.9. The molecule has 3 aromatic rings. The van der Waals surface area contributed by atoms with Crippen molar-refractivity contribution in [1.29, 1.82) is 0 Å². The predicted octanol–water partition coefficient (Wildman–Crippen LogP) is 5.03. The van der Waals surface area contributed by atoms with Crippen LogP contribution in [0.3, 0.4) is 0 Å². The molecule has 0 amide bonds. The van der Waals surface area contributed by atoms with Crippen LogP contribution in [0, 0.1) is 0 Å². The number of para-hydroxylation sites is 2. The lowest BCUT2D eigenvalue weighted by Gasteiger charge is -2.18. The number of nitrogens with one attached hydrogen (secondary N) is 1. The van der Waals surface area contributed by atoms with Gasteiger partial charge in [-0.15, -0.1) is 0 Å². The van der Waals surface area contributed by atoms with E-state index in [4.69, 9.17) is 0 Å². The lowest BCUT2D eigenvalue weighted by atomic mass is 10.0. The van der Waals surface area contributed by atoms with Crippen LogP contribution >= 0.6 is 0 Å². The van der Waals surface area contributed by atoms with Gasteiger partial charge in [0.25, 0.3) is 0 Å². The highest BCUT2D eigenvalue weighted by Crippen LogP contribution is 2.37. The predicted molar refractivity (Wildman–Crippen MR) is 104 cm³/mol. The SMILES string of the molecule is CCCn1c(-c2cccc3c2N[C@H](C)CC(=O)C3)cc2ccccc21. The Morgan fingerprint density at radius 2 is 2.00 bits per heavy atom. The number of carbonyl (C=O) groups excluding carboxylic acids is 1. The number of rotatable bonds is 3. The van der Waals surface area contributed by atoms with E-state index >= 15 is 0 Å². The summed E-state index contributed by atoms with van der Waals surface area (Å²) in [6.45, 7) is 5.29. The van der Waals surface area contributed by atoms with Crippen molar-refractivity contribution in [3.63, 3.8) is 0 Å². The van der Waals surface area contributed by atoms with Crippen molar-refractivity contribution < 1.29 is 4.79 Å². The summed E-state index contributed by atoms with van der Waals surface area (Å²) >= 11 is 0. The quantitative estimate of drug-likeness (QED) is 0.729. The second-order valence-electron chi connectivity index (χ2n) is 7.04. The lowest BCUT2D eigenvalue weighted by Crippen LogP contribution is -2.17. The van der Waals surface area contributed by atoms with Crippen LogP contribution in [0.1, 0.15) is 32.3 Å². The fraction of sp³-hybridized carbons (Fsp3) is 0.318. The molecule has 0 fully saturated rings. The molecule has 0 saturated carbocycles. The molecule has 25 heavy (non-hydrogen) atoms. The number of aryl methyl sites for hydroxylation is 1. The smallest absolute Gasteiger partial charge is 0.139 e. The topological polar surface area (TPSA) is 34.0 Å². The standard InChI is InChI=1S/C22H24N2O/c1-3-11-24-20-10-5-4-7-16(20)14-21(24)19-9-6-8-17-13-18(25)12-15(2)23-22(17)19/h4-10,14-15,23H,3,11-13H2,1-2H3/t15-/m1/s1. The average molecular weight is 332 g/mol. The van der Waals surface area contributed by atoms with Crippen LogP contribution < -0.4 is 5.32 Å². The number of aromatic nitrogens is 1. The third-order valence-corrected chi connectivity index (χ3v) is 5.00. The molecule has 1 aromatic heterocycles. The van der Waals surface area contributed by atoms with Gasteiger partial charge in [0.1, 0.15) is 5.78 Å². The summed E-state index contributed by atoms with van der Waals surface area (Å²) < 4.78 is 2.41. The van der Waals surface area contributed by atoms with Gasteiger partial charge in [-0.25, -0.2) is 0 Å². The average Bonchev–Trinajstić information content (AvgIpc) is 2.87. The first kappa shape index (κ1) is 15.9. The summed E-state index contributed by atoms with van der Waals surface area (Å²) in [5, 5.41) is 4.86. The number of hydrogen-bond acceptors (Lipinski definition) is 2. The maximum absolute atomic E-state index is 12.2. The van der Waals surface area contributed by atoms with Crippen LogP contribution in [0.2, 0.25) is 0 Å². The molecule has 1 aliphatic rings. The van der Waals surface area contributed by atoms with Gasteiger partial charge in [0.15, 0.2) is 0 Å². The Morgan fingerprint density at radius 3 is 2.84 bits per heavy atom. The summed E-state index contributed by atoms with van der Waals surface area (Å²) in [5.41, 5.74) is 5.94. The van der Waals surface area contributed by atoms with Gasteiger partial charge in [-0.1, -0.05) is 43.3 Å². The summed E-state index contributed by atoms with van der Waals surface area (Å²) in [5.74, 6) is 0.310. The first-order valence-electron chi connectivity index (χ1n) is 9.16. The molecule has 1 N–H and O–H groups in total. The number of anilines is 1. The largest absolute Gasteiger partial charge is 0.381 e. The Labute approximate surface area is 148 Å². The third-order valence-electron chi connectivity index (χ3n) is 5.00. The number of benzene rings is 2. The molecule has 2 heterocycles. The van der Waals surface area contributed by atoms with Crippen LogP contribution in [0.5, 0.6) is 0 Å². The van der Waals surface area contributed by atoms with Crippen LogP contribution in [0.4, 0.5) is 5.69 Å². The molecule has 128 valence electrons.